The highest BCUT2D eigenvalue weighted by molar-refractivity contribution is 5.79. The molecule has 2 aromatic rings. The molecule has 2 aliphatic rings. The van der Waals surface area contributed by atoms with Gasteiger partial charge in [0.1, 0.15) is 5.69 Å². The zero-order valence-electron chi connectivity index (χ0n) is 17.0. The van der Waals surface area contributed by atoms with Gasteiger partial charge in [0.2, 0.25) is 17.6 Å². The highest BCUT2D eigenvalue weighted by Crippen LogP contribution is 2.50. The number of rotatable bonds is 6. The first-order valence-electron chi connectivity index (χ1n) is 10.5. The van der Waals surface area contributed by atoms with E-state index >= 15 is 0 Å². The van der Waals surface area contributed by atoms with Gasteiger partial charge in [0.15, 0.2) is 0 Å². The van der Waals surface area contributed by atoms with E-state index in [2.05, 4.69) is 45.8 Å². The van der Waals surface area contributed by atoms with Crippen LogP contribution in [0.5, 0.6) is 0 Å². The van der Waals surface area contributed by atoms with Gasteiger partial charge in [-0.25, -0.2) is 4.98 Å². The lowest BCUT2D eigenvalue weighted by atomic mass is 9.80. The van der Waals surface area contributed by atoms with Crippen molar-refractivity contribution in [1.29, 1.82) is 0 Å². The molecule has 2 fully saturated rings. The molecule has 1 aliphatic heterocycles. The Labute approximate surface area is 165 Å². The van der Waals surface area contributed by atoms with E-state index in [1.165, 1.54) is 0 Å². The fourth-order valence-electron chi connectivity index (χ4n) is 5.24. The second kappa shape index (κ2) is 7.60. The average Bonchev–Trinajstić information content (AvgIpc) is 3.43. The molecule has 28 heavy (non-hydrogen) atoms. The van der Waals surface area contributed by atoms with Crippen LogP contribution in [-0.4, -0.2) is 44.0 Å². The number of hydrogen-bond acceptors (Lipinski definition) is 6. The van der Waals surface area contributed by atoms with Crippen molar-refractivity contribution in [3.8, 4) is 11.5 Å². The predicted molar refractivity (Wildman–Crippen MR) is 104 cm³/mol. The van der Waals surface area contributed by atoms with E-state index in [9.17, 15) is 4.79 Å². The van der Waals surface area contributed by atoms with E-state index in [1.54, 1.807) is 18.6 Å². The Balaban J connectivity index is 1.57. The number of nitrogens with zero attached hydrogens (tertiary/aromatic N) is 5. The molecule has 4 rings (SSSR count). The minimum Gasteiger partial charge on any atom is -0.341 e. The lowest BCUT2D eigenvalue weighted by Gasteiger charge is -2.28. The van der Waals surface area contributed by atoms with Gasteiger partial charge in [-0.05, 0) is 24.7 Å². The smallest absolute Gasteiger partial charge is 0.235 e. The lowest BCUT2D eigenvalue weighted by molar-refractivity contribution is -0.136. The minimum absolute atomic E-state index is 0.0590. The SMILES string of the molecule is CCC(CC)[C@@H](C)C(=O)N1C[C@H]2CCC[C@@]2(c2nc(-c3cnccn3)no2)C1. The van der Waals surface area contributed by atoms with Crippen LogP contribution in [0.4, 0.5) is 0 Å². The molecule has 0 bridgehead atoms. The Bertz CT molecular complexity index is 819. The Morgan fingerprint density at radius 3 is 2.89 bits per heavy atom. The third-order valence-electron chi connectivity index (χ3n) is 6.97. The van der Waals surface area contributed by atoms with Crippen molar-refractivity contribution in [3.05, 3.63) is 24.5 Å². The van der Waals surface area contributed by atoms with Crippen molar-refractivity contribution in [2.24, 2.45) is 17.8 Å². The van der Waals surface area contributed by atoms with E-state index in [0.717, 1.165) is 38.6 Å². The van der Waals surface area contributed by atoms with E-state index in [0.29, 0.717) is 35.8 Å². The maximum absolute atomic E-state index is 13.2. The Morgan fingerprint density at radius 2 is 2.18 bits per heavy atom. The molecule has 7 nitrogen and oxygen atoms in total. The maximum Gasteiger partial charge on any atom is 0.235 e. The van der Waals surface area contributed by atoms with Crippen molar-refractivity contribution in [1.82, 2.24) is 25.0 Å². The van der Waals surface area contributed by atoms with Crippen LogP contribution < -0.4 is 0 Å². The second-order valence-electron chi connectivity index (χ2n) is 8.34. The second-order valence-corrected chi connectivity index (χ2v) is 8.34. The van der Waals surface area contributed by atoms with Crippen LogP contribution in [0.25, 0.3) is 11.5 Å². The van der Waals surface area contributed by atoms with Crippen molar-refractivity contribution < 1.29 is 9.32 Å². The zero-order valence-corrected chi connectivity index (χ0v) is 17.0. The van der Waals surface area contributed by atoms with Crippen LogP contribution in [0.15, 0.2) is 23.1 Å². The highest BCUT2D eigenvalue weighted by Gasteiger charge is 2.55. The number of aromatic nitrogens is 4. The van der Waals surface area contributed by atoms with Gasteiger partial charge in [0.05, 0.1) is 11.6 Å². The fourth-order valence-corrected chi connectivity index (χ4v) is 5.24. The standard InChI is InChI=1S/C21H29N5O2/c1-4-15(5-2)14(3)19(27)26-12-16-7-6-8-21(16,13-26)20-24-18(25-28-20)17-11-22-9-10-23-17/h9-11,14-16H,4-8,12-13H2,1-3H3/t14-,16-,21-/m1/s1. The van der Waals surface area contributed by atoms with Gasteiger partial charge in [-0.2, -0.15) is 4.98 Å². The quantitative estimate of drug-likeness (QED) is 0.759. The first kappa shape index (κ1) is 19.0. The zero-order chi connectivity index (χ0) is 19.7. The number of fused-ring (bicyclic) bond motifs is 1. The number of carbonyl (C=O) groups is 1. The molecule has 0 aromatic carbocycles. The summed E-state index contributed by atoms with van der Waals surface area (Å²) in [7, 11) is 0. The lowest BCUT2D eigenvalue weighted by Crippen LogP contribution is -2.39. The molecule has 1 aliphatic carbocycles. The van der Waals surface area contributed by atoms with Gasteiger partial charge in [-0.1, -0.05) is 45.2 Å². The van der Waals surface area contributed by atoms with Crippen molar-refractivity contribution >= 4 is 5.91 Å². The first-order valence-corrected chi connectivity index (χ1v) is 10.5. The molecule has 1 saturated carbocycles. The number of amides is 1. The van der Waals surface area contributed by atoms with E-state index in [1.807, 2.05) is 0 Å². The molecule has 0 unspecified atom stereocenters. The summed E-state index contributed by atoms with van der Waals surface area (Å²) in [5.74, 6) is 2.29. The normalized spacial score (nSPS) is 25.3. The Morgan fingerprint density at radius 1 is 1.36 bits per heavy atom. The highest BCUT2D eigenvalue weighted by atomic mass is 16.5. The third kappa shape index (κ3) is 3.10. The third-order valence-corrected chi connectivity index (χ3v) is 6.97. The Hall–Kier alpha value is -2.31. The van der Waals surface area contributed by atoms with Crippen LogP contribution in [0.3, 0.4) is 0 Å². The number of likely N-dealkylation sites (tertiary alicyclic amines) is 1. The van der Waals surface area contributed by atoms with Crippen molar-refractivity contribution in [2.45, 2.75) is 58.3 Å². The largest absolute Gasteiger partial charge is 0.341 e. The van der Waals surface area contributed by atoms with Gasteiger partial charge in [-0.3, -0.25) is 9.78 Å². The molecular formula is C21H29N5O2. The summed E-state index contributed by atoms with van der Waals surface area (Å²) in [5.41, 5.74) is 0.397. The van der Waals surface area contributed by atoms with Gasteiger partial charge < -0.3 is 9.42 Å². The van der Waals surface area contributed by atoms with Crippen LogP contribution in [0, 0.1) is 17.8 Å². The molecule has 150 valence electrons. The van der Waals surface area contributed by atoms with Gasteiger partial charge in [-0.15, -0.1) is 0 Å². The van der Waals surface area contributed by atoms with Crippen LogP contribution >= 0.6 is 0 Å². The van der Waals surface area contributed by atoms with Gasteiger partial charge in [0.25, 0.3) is 0 Å². The van der Waals surface area contributed by atoms with Crippen LogP contribution in [0.1, 0.15) is 58.8 Å². The predicted octanol–water partition coefficient (Wildman–Crippen LogP) is 3.48. The summed E-state index contributed by atoms with van der Waals surface area (Å²) >= 11 is 0. The molecule has 7 heteroatoms. The van der Waals surface area contributed by atoms with E-state index in [4.69, 9.17) is 4.52 Å². The minimum atomic E-state index is -0.212. The molecule has 1 saturated heterocycles. The van der Waals surface area contributed by atoms with Crippen molar-refractivity contribution in [2.75, 3.05) is 13.1 Å². The summed E-state index contributed by atoms with van der Waals surface area (Å²) in [6.07, 6.45) is 10.2. The topological polar surface area (TPSA) is 85.0 Å². The molecule has 0 radical (unpaired) electrons. The summed E-state index contributed by atoms with van der Waals surface area (Å²) in [4.78, 5) is 28.3. The number of carbonyl (C=O) groups excluding carboxylic acids is 1. The maximum atomic E-state index is 13.2. The van der Waals surface area contributed by atoms with Gasteiger partial charge >= 0.3 is 0 Å². The monoisotopic (exact) mass is 383 g/mol. The summed E-state index contributed by atoms with van der Waals surface area (Å²) in [6, 6.07) is 0. The molecule has 3 heterocycles. The average molecular weight is 383 g/mol. The summed E-state index contributed by atoms with van der Waals surface area (Å²) in [5, 5.41) is 4.15. The Kier molecular flexibility index (Phi) is 5.17. The summed E-state index contributed by atoms with van der Waals surface area (Å²) < 4.78 is 5.72. The molecule has 0 N–H and O–H groups in total. The van der Waals surface area contributed by atoms with E-state index < -0.39 is 0 Å². The molecular weight excluding hydrogens is 354 g/mol. The molecule has 0 spiro atoms. The van der Waals surface area contributed by atoms with Crippen LogP contribution in [0.2, 0.25) is 0 Å². The van der Waals surface area contributed by atoms with Gasteiger partial charge in [0, 0.05) is 31.4 Å². The van der Waals surface area contributed by atoms with E-state index in [-0.39, 0.29) is 17.2 Å². The van der Waals surface area contributed by atoms with Crippen LogP contribution in [-0.2, 0) is 10.2 Å². The number of hydrogen-bond donors (Lipinski definition) is 0. The molecule has 2 aromatic heterocycles. The molecule has 1 amide bonds. The molecule has 3 atom stereocenters. The van der Waals surface area contributed by atoms with Crippen molar-refractivity contribution in [3.63, 3.8) is 0 Å². The summed E-state index contributed by atoms with van der Waals surface area (Å²) in [6.45, 7) is 7.91. The fraction of sp³-hybridized carbons (Fsp3) is 0.667. The first-order chi connectivity index (χ1) is 13.6.